The SMILES string of the molecule is C[C@@H](C(=O)NC1CCCCC1)N(Cc1c(Cl)cccc1Cl)C(=O)CCCN(c1ccc2c(c1)OCCO2)S(C)(=O)=O. The molecule has 1 saturated carbocycles. The maximum absolute atomic E-state index is 13.6. The topological polar surface area (TPSA) is 105 Å². The van der Waals surface area contributed by atoms with E-state index >= 15 is 0 Å². The zero-order valence-corrected chi connectivity index (χ0v) is 25.7. The molecule has 0 bridgehead atoms. The molecule has 1 atom stereocenters. The normalized spacial score (nSPS) is 16.1. The lowest BCUT2D eigenvalue weighted by atomic mass is 9.95. The predicted molar refractivity (Wildman–Crippen MR) is 160 cm³/mol. The first-order valence-electron chi connectivity index (χ1n) is 13.9. The van der Waals surface area contributed by atoms with E-state index in [9.17, 15) is 18.0 Å². The minimum absolute atomic E-state index is 0.0136. The van der Waals surface area contributed by atoms with E-state index in [0.717, 1.165) is 38.4 Å². The number of amides is 2. The van der Waals surface area contributed by atoms with E-state index in [-0.39, 0.29) is 43.8 Å². The van der Waals surface area contributed by atoms with Crippen LogP contribution >= 0.6 is 23.2 Å². The molecule has 1 N–H and O–H groups in total. The lowest BCUT2D eigenvalue weighted by Crippen LogP contribution is -2.50. The van der Waals surface area contributed by atoms with Gasteiger partial charge in [0, 0.05) is 47.2 Å². The molecular formula is C29H37Cl2N3O6S. The summed E-state index contributed by atoms with van der Waals surface area (Å²) in [6.45, 7) is 2.61. The van der Waals surface area contributed by atoms with Crippen molar-refractivity contribution < 1.29 is 27.5 Å². The molecule has 2 amide bonds. The van der Waals surface area contributed by atoms with E-state index in [0.29, 0.717) is 46.0 Å². The van der Waals surface area contributed by atoms with E-state index in [1.807, 2.05) is 0 Å². The lowest BCUT2D eigenvalue weighted by molar-refractivity contribution is -0.141. The Hall–Kier alpha value is -2.69. The van der Waals surface area contributed by atoms with Crippen molar-refractivity contribution in [2.45, 2.75) is 70.5 Å². The van der Waals surface area contributed by atoms with Crippen molar-refractivity contribution in [3.05, 3.63) is 52.0 Å². The number of hydrogen-bond donors (Lipinski definition) is 1. The highest BCUT2D eigenvalue weighted by molar-refractivity contribution is 7.92. The van der Waals surface area contributed by atoms with Crippen LogP contribution in [0, 0.1) is 0 Å². The fourth-order valence-corrected chi connectivity index (χ4v) is 6.67. The molecule has 1 heterocycles. The second kappa shape index (κ2) is 14.0. The predicted octanol–water partition coefficient (Wildman–Crippen LogP) is 5.18. The van der Waals surface area contributed by atoms with Crippen molar-refractivity contribution in [2.24, 2.45) is 0 Å². The lowest BCUT2D eigenvalue weighted by Gasteiger charge is -2.32. The van der Waals surface area contributed by atoms with Gasteiger partial charge in [-0.2, -0.15) is 0 Å². The van der Waals surface area contributed by atoms with Crippen LogP contribution in [0.25, 0.3) is 0 Å². The number of fused-ring (bicyclic) bond motifs is 1. The van der Waals surface area contributed by atoms with Crippen LogP contribution in [0.2, 0.25) is 10.0 Å². The maximum atomic E-state index is 13.6. The van der Waals surface area contributed by atoms with Crippen molar-refractivity contribution in [3.8, 4) is 11.5 Å². The number of nitrogens with one attached hydrogen (secondary N) is 1. The van der Waals surface area contributed by atoms with Crippen molar-refractivity contribution in [3.63, 3.8) is 0 Å². The Balaban J connectivity index is 1.48. The Morgan fingerprint density at radius 2 is 1.68 bits per heavy atom. The van der Waals surface area contributed by atoms with Gasteiger partial charge in [0.1, 0.15) is 19.3 Å². The smallest absolute Gasteiger partial charge is 0.242 e. The van der Waals surface area contributed by atoms with E-state index in [1.54, 1.807) is 43.3 Å². The van der Waals surface area contributed by atoms with Crippen LogP contribution in [0.15, 0.2) is 36.4 Å². The van der Waals surface area contributed by atoms with Gasteiger partial charge in [-0.25, -0.2) is 8.42 Å². The van der Waals surface area contributed by atoms with Crippen LogP contribution in [-0.4, -0.2) is 63.2 Å². The average molecular weight is 627 g/mol. The third-order valence-electron chi connectivity index (χ3n) is 7.47. The van der Waals surface area contributed by atoms with Crippen molar-refractivity contribution in [1.29, 1.82) is 0 Å². The average Bonchev–Trinajstić information content (AvgIpc) is 2.94. The van der Waals surface area contributed by atoms with Crippen molar-refractivity contribution in [2.75, 3.05) is 30.3 Å². The van der Waals surface area contributed by atoms with E-state index in [1.165, 1.54) is 9.21 Å². The fourth-order valence-electron chi connectivity index (χ4n) is 5.20. The highest BCUT2D eigenvalue weighted by atomic mass is 35.5. The van der Waals surface area contributed by atoms with E-state index in [2.05, 4.69) is 5.32 Å². The van der Waals surface area contributed by atoms with E-state index in [4.69, 9.17) is 32.7 Å². The minimum atomic E-state index is -3.66. The number of carbonyl (C=O) groups excluding carboxylic acids is 2. The molecule has 12 heteroatoms. The molecule has 0 aromatic heterocycles. The third-order valence-corrected chi connectivity index (χ3v) is 9.38. The Bertz CT molecular complexity index is 1330. The molecule has 0 radical (unpaired) electrons. The number of rotatable bonds is 11. The standard InChI is InChI=1S/C29H37Cl2N3O6S/c1-20(29(36)32-21-8-4-3-5-9-21)33(19-23-24(30)10-6-11-25(23)31)28(35)12-7-15-34(41(2,37)38)22-13-14-26-27(18-22)40-17-16-39-26/h6,10-11,13-14,18,20-21H,3-5,7-9,12,15-17,19H2,1-2H3,(H,32,36)/t20-/m0/s1. The van der Waals surface area contributed by atoms with Gasteiger partial charge >= 0.3 is 0 Å². The monoisotopic (exact) mass is 625 g/mol. The largest absolute Gasteiger partial charge is 0.486 e. The highest BCUT2D eigenvalue weighted by Gasteiger charge is 2.29. The summed E-state index contributed by atoms with van der Waals surface area (Å²) in [5, 5.41) is 3.90. The number of hydrogen-bond acceptors (Lipinski definition) is 6. The molecular weight excluding hydrogens is 589 g/mol. The first-order chi connectivity index (χ1) is 19.5. The quantitative estimate of drug-likeness (QED) is 0.369. The molecule has 0 unspecified atom stereocenters. The fraction of sp³-hybridized carbons (Fsp3) is 0.517. The van der Waals surface area contributed by atoms with Gasteiger partial charge in [0.2, 0.25) is 21.8 Å². The number of anilines is 1. The zero-order chi connectivity index (χ0) is 29.6. The third kappa shape index (κ3) is 8.20. The molecule has 2 aliphatic rings. The van der Waals surface area contributed by atoms with Crippen LogP contribution in [0.3, 0.4) is 0 Å². The Labute approximate surface area is 252 Å². The van der Waals surface area contributed by atoms with Gasteiger partial charge in [-0.1, -0.05) is 48.5 Å². The molecule has 0 saturated heterocycles. The second-order valence-electron chi connectivity index (χ2n) is 10.5. The molecule has 0 spiro atoms. The molecule has 4 rings (SSSR count). The Kier molecular flexibility index (Phi) is 10.7. The number of sulfonamides is 1. The summed E-state index contributed by atoms with van der Waals surface area (Å²) in [6.07, 6.45) is 6.50. The van der Waals surface area contributed by atoms with Crippen LogP contribution < -0.4 is 19.1 Å². The van der Waals surface area contributed by atoms with Gasteiger partial charge in [0.25, 0.3) is 0 Å². The van der Waals surface area contributed by atoms with E-state index < -0.39 is 16.1 Å². The van der Waals surface area contributed by atoms with Gasteiger partial charge in [0.15, 0.2) is 11.5 Å². The summed E-state index contributed by atoms with van der Waals surface area (Å²) < 4.78 is 37.8. The van der Waals surface area contributed by atoms with Crippen LogP contribution in [0.1, 0.15) is 57.4 Å². The molecule has 41 heavy (non-hydrogen) atoms. The molecule has 1 aliphatic carbocycles. The summed E-state index contributed by atoms with van der Waals surface area (Å²) in [4.78, 5) is 28.3. The molecule has 9 nitrogen and oxygen atoms in total. The second-order valence-corrected chi connectivity index (χ2v) is 13.2. The number of nitrogens with zero attached hydrogens (tertiary/aromatic N) is 2. The van der Waals surface area contributed by atoms with Gasteiger partial charge < -0.3 is 19.7 Å². The maximum Gasteiger partial charge on any atom is 0.242 e. The summed E-state index contributed by atoms with van der Waals surface area (Å²) >= 11 is 12.8. The van der Waals surface area contributed by atoms with Gasteiger partial charge in [-0.15, -0.1) is 0 Å². The molecule has 2 aromatic carbocycles. The van der Waals surface area contributed by atoms with Crippen LogP contribution in [-0.2, 0) is 26.2 Å². The first kappa shape index (κ1) is 31.3. The van der Waals surface area contributed by atoms with Gasteiger partial charge in [0.05, 0.1) is 11.9 Å². The minimum Gasteiger partial charge on any atom is -0.486 e. The number of benzene rings is 2. The molecule has 224 valence electrons. The van der Waals surface area contributed by atoms with Crippen molar-refractivity contribution in [1.82, 2.24) is 10.2 Å². The summed E-state index contributed by atoms with van der Waals surface area (Å²) in [7, 11) is -3.66. The van der Waals surface area contributed by atoms with Crippen LogP contribution in [0.5, 0.6) is 11.5 Å². The van der Waals surface area contributed by atoms with Crippen molar-refractivity contribution >= 4 is 50.7 Å². The van der Waals surface area contributed by atoms with Gasteiger partial charge in [-0.3, -0.25) is 13.9 Å². The molecule has 1 aliphatic heterocycles. The molecule has 1 fully saturated rings. The Morgan fingerprint density at radius 3 is 2.34 bits per heavy atom. The summed E-state index contributed by atoms with van der Waals surface area (Å²) in [6, 6.07) is 9.37. The highest BCUT2D eigenvalue weighted by Crippen LogP contribution is 2.35. The number of halogens is 2. The molecule has 2 aromatic rings. The summed E-state index contributed by atoms with van der Waals surface area (Å²) in [5.41, 5.74) is 0.972. The number of carbonyl (C=O) groups is 2. The Morgan fingerprint density at radius 1 is 1.02 bits per heavy atom. The first-order valence-corrected chi connectivity index (χ1v) is 16.5. The number of ether oxygens (including phenoxy) is 2. The zero-order valence-electron chi connectivity index (χ0n) is 23.4. The summed E-state index contributed by atoms with van der Waals surface area (Å²) in [5.74, 6) is 0.488. The van der Waals surface area contributed by atoms with Gasteiger partial charge in [-0.05, 0) is 50.5 Å². The van der Waals surface area contributed by atoms with Crippen LogP contribution in [0.4, 0.5) is 5.69 Å².